The van der Waals surface area contributed by atoms with Crippen molar-refractivity contribution in [2.75, 3.05) is 5.32 Å². The first-order chi connectivity index (χ1) is 11.9. The van der Waals surface area contributed by atoms with E-state index >= 15 is 0 Å². The Morgan fingerprint density at radius 3 is 2.36 bits per heavy atom. The fourth-order valence-corrected chi connectivity index (χ4v) is 2.31. The molecule has 0 spiro atoms. The molecule has 2 aromatic rings. The van der Waals surface area contributed by atoms with Gasteiger partial charge < -0.3 is 5.32 Å². The zero-order valence-corrected chi connectivity index (χ0v) is 13.9. The van der Waals surface area contributed by atoms with E-state index < -0.39 is 16.7 Å². The van der Waals surface area contributed by atoms with Gasteiger partial charge in [-0.05, 0) is 24.3 Å². The lowest BCUT2D eigenvalue weighted by molar-refractivity contribution is -0.385. The number of hydrogen-bond acceptors (Lipinski definition) is 5. The normalized spacial score (nSPS) is 10.5. The molecule has 0 radical (unpaired) electrons. The van der Waals surface area contributed by atoms with Crippen molar-refractivity contribution in [3.63, 3.8) is 0 Å². The standard InChI is InChI=1S/C15H10Cl2N4O4/c16-10-5-11(17)7-12(6-10)19-14(22)15(23)20-18-8-9-3-1-2-4-13(9)21(24)25/h1-8H,(H,19,22)(H,20,23). The van der Waals surface area contributed by atoms with Gasteiger partial charge in [-0.2, -0.15) is 5.10 Å². The highest BCUT2D eigenvalue weighted by Gasteiger charge is 2.14. The number of nitro groups is 1. The van der Waals surface area contributed by atoms with E-state index in [0.29, 0.717) is 0 Å². The zero-order chi connectivity index (χ0) is 18.4. The summed E-state index contributed by atoms with van der Waals surface area (Å²) >= 11 is 11.6. The third kappa shape index (κ3) is 5.27. The molecular weight excluding hydrogens is 371 g/mol. The maximum atomic E-state index is 11.8. The summed E-state index contributed by atoms with van der Waals surface area (Å²) in [6.45, 7) is 0. The molecular formula is C15H10Cl2N4O4. The van der Waals surface area contributed by atoms with Gasteiger partial charge in [0.1, 0.15) is 0 Å². The summed E-state index contributed by atoms with van der Waals surface area (Å²) in [6, 6.07) is 10.1. The molecule has 0 aliphatic carbocycles. The molecule has 0 bridgehead atoms. The number of benzene rings is 2. The monoisotopic (exact) mass is 380 g/mol. The summed E-state index contributed by atoms with van der Waals surface area (Å²) in [4.78, 5) is 33.7. The van der Waals surface area contributed by atoms with Crippen LogP contribution < -0.4 is 10.7 Å². The maximum absolute atomic E-state index is 11.8. The van der Waals surface area contributed by atoms with Crippen LogP contribution >= 0.6 is 23.2 Å². The van der Waals surface area contributed by atoms with Gasteiger partial charge in [0.15, 0.2) is 0 Å². The molecule has 128 valence electrons. The van der Waals surface area contributed by atoms with Crippen molar-refractivity contribution in [3.8, 4) is 0 Å². The number of halogens is 2. The molecule has 0 saturated carbocycles. The lowest BCUT2D eigenvalue weighted by atomic mass is 10.2. The highest BCUT2D eigenvalue weighted by Crippen LogP contribution is 2.22. The van der Waals surface area contributed by atoms with Gasteiger partial charge in [0.05, 0.1) is 16.7 Å². The Labute approximate surface area is 151 Å². The van der Waals surface area contributed by atoms with Gasteiger partial charge in [-0.15, -0.1) is 0 Å². The summed E-state index contributed by atoms with van der Waals surface area (Å²) in [5, 5.41) is 17.3. The largest absolute Gasteiger partial charge is 0.329 e. The number of anilines is 1. The second-order valence-electron chi connectivity index (χ2n) is 4.63. The summed E-state index contributed by atoms with van der Waals surface area (Å²) in [7, 11) is 0. The molecule has 0 heterocycles. The van der Waals surface area contributed by atoms with Gasteiger partial charge in [-0.1, -0.05) is 35.3 Å². The predicted octanol–water partition coefficient (Wildman–Crippen LogP) is 2.99. The van der Waals surface area contributed by atoms with E-state index in [1.54, 1.807) is 6.07 Å². The molecule has 0 fully saturated rings. The Morgan fingerprint density at radius 2 is 1.72 bits per heavy atom. The van der Waals surface area contributed by atoms with Crippen LogP contribution in [-0.4, -0.2) is 23.0 Å². The number of carbonyl (C=O) groups is 2. The van der Waals surface area contributed by atoms with Crippen LogP contribution in [0.4, 0.5) is 11.4 Å². The highest BCUT2D eigenvalue weighted by atomic mass is 35.5. The average Bonchev–Trinajstić information content (AvgIpc) is 2.54. The van der Waals surface area contributed by atoms with Gasteiger partial charge >= 0.3 is 11.8 Å². The lowest BCUT2D eigenvalue weighted by Crippen LogP contribution is -2.32. The minimum absolute atomic E-state index is 0.176. The molecule has 0 saturated heterocycles. The third-order valence-electron chi connectivity index (χ3n) is 2.83. The van der Waals surface area contributed by atoms with Crippen LogP contribution in [0.3, 0.4) is 0 Å². The fourth-order valence-electron chi connectivity index (χ4n) is 1.79. The van der Waals surface area contributed by atoms with Crippen LogP contribution in [0.2, 0.25) is 10.0 Å². The topological polar surface area (TPSA) is 114 Å². The van der Waals surface area contributed by atoms with Gasteiger partial charge in [0.25, 0.3) is 5.69 Å². The van der Waals surface area contributed by atoms with E-state index in [2.05, 4.69) is 10.4 Å². The van der Waals surface area contributed by atoms with Crippen LogP contribution in [0.25, 0.3) is 0 Å². The first-order valence-corrected chi connectivity index (χ1v) is 7.46. The second-order valence-corrected chi connectivity index (χ2v) is 5.50. The minimum Gasteiger partial charge on any atom is -0.318 e. The molecule has 8 nitrogen and oxygen atoms in total. The Hall–Kier alpha value is -2.97. The minimum atomic E-state index is -1.06. The SMILES string of the molecule is O=C(NN=Cc1ccccc1[N+](=O)[O-])C(=O)Nc1cc(Cl)cc(Cl)c1. The van der Waals surface area contributed by atoms with Crippen molar-refractivity contribution >= 4 is 52.6 Å². The van der Waals surface area contributed by atoms with Crippen LogP contribution in [0, 0.1) is 10.1 Å². The van der Waals surface area contributed by atoms with Crippen LogP contribution in [0.15, 0.2) is 47.6 Å². The van der Waals surface area contributed by atoms with Gasteiger partial charge in [-0.3, -0.25) is 19.7 Å². The number of nitrogens with zero attached hydrogens (tertiary/aromatic N) is 2. The summed E-state index contributed by atoms with van der Waals surface area (Å²) in [5.74, 6) is -2.07. The Bertz CT molecular complexity index is 850. The van der Waals surface area contributed by atoms with Crippen molar-refractivity contribution < 1.29 is 14.5 Å². The van der Waals surface area contributed by atoms with Crippen molar-refractivity contribution in [3.05, 3.63) is 68.2 Å². The maximum Gasteiger partial charge on any atom is 0.329 e. The number of rotatable bonds is 4. The quantitative estimate of drug-likeness (QED) is 0.367. The number of nitro benzene ring substituents is 1. The van der Waals surface area contributed by atoms with Crippen LogP contribution in [-0.2, 0) is 9.59 Å². The van der Waals surface area contributed by atoms with Crippen molar-refractivity contribution in [1.29, 1.82) is 0 Å². The summed E-state index contributed by atoms with van der Waals surface area (Å²) in [6.07, 6.45) is 1.07. The molecule has 0 unspecified atom stereocenters. The van der Waals surface area contributed by atoms with E-state index in [0.717, 1.165) is 6.21 Å². The smallest absolute Gasteiger partial charge is 0.318 e. The van der Waals surface area contributed by atoms with E-state index in [-0.39, 0.29) is 27.0 Å². The number of hydrazone groups is 1. The summed E-state index contributed by atoms with van der Waals surface area (Å²) < 4.78 is 0. The van der Waals surface area contributed by atoms with E-state index in [9.17, 15) is 19.7 Å². The average molecular weight is 381 g/mol. The predicted molar refractivity (Wildman–Crippen MR) is 93.9 cm³/mol. The lowest BCUT2D eigenvalue weighted by Gasteiger charge is -2.05. The number of para-hydroxylation sites is 1. The van der Waals surface area contributed by atoms with Crippen LogP contribution in [0.1, 0.15) is 5.56 Å². The molecule has 2 N–H and O–H groups in total. The number of amides is 2. The Balaban J connectivity index is 2.00. The molecule has 2 rings (SSSR count). The first-order valence-electron chi connectivity index (χ1n) is 6.70. The van der Waals surface area contributed by atoms with Gasteiger partial charge in [0.2, 0.25) is 0 Å². The number of nitrogens with one attached hydrogen (secondary N) is 2. The molecule has 10 heteroatoms. The van der Waals surface area contributed by atoms with E-state index in [1.807, 2.05) is 5.43 Å². The molecule has 0 aliphatic rings. The molecule has 2 aromatic carbocycles. The van der Waals surface area contributed by atoms with E-state index in [1.165, 1.54) is 36.4 Å². The number of carbonyl (C=O) groups excluding carboxylic acids is 2. The third-order valence-corrected chi connectivity index (χ3v) is 3.27. The molecule has 0 atom stereocenters. The Morgan fingerprint density at radius 1 is 1.08 bits per heavy atom. The van der Waals surface area contributed by atoms with Crippen molar-refractivity contribution in [2.24, 2.45) is 5.10 Å². The zero-order valence-electron chi connectivity index (χ0n) is 12.4. The Kier molecular flexibility index (Phi) is 6.04. The van der Waals surface area contributed by atoms with E-state index in [4.69, 9.17) is 23.2 Å². The highest BCUT2D eigenvalue weighted by molar-refractivity contribution is 6.40. The van der Waals surface area contributed by atoms with Crippen molar-refractivity contribution in [2.45, 2.75) is 0 Å². The van der Waals surface area contributed by atoms with Gasteiger partial charge in [-0.25, -0.2) is 5.43 Å². The summed E-state index contributed by atoms with van der Waals surface area (Å²) in [5.41, 5.74) is 2.21. The molecule has 0 aliphatic heterocycles. The van der Waals surface area contributed by atoms with Crippen LogP contribution in [0.5, 0.6) is 0 Å². The van der Waals surface area contributed by atoms with Crippen molar-refractivity contribution in [1.82, 2.24) is 5.43 Å². The fraction of sp³-hybridized carbons (Fsp3) is 0. The second kappa shape index (κ2) is 8.22. The molecule has 25 heavy (non-hydrogen) atoms. The first kappa shape index (κ1) is 18.4. The van der Waals surface area contributed by atoms with Gasteiger partial charge in [0, 0.05) is 21.8 Å². The number of hydrogen-bond donors (Lipinski definition) is 2. The molecule has 2 amide bonds. The molecule has 0 aromatic heterocycles.